The van der Waals surface area contributed by atoms with Crippen LogP contribution in [0.25, 0.3) is 0 Å². The molecule has 4 rings (SSSR count). The van der Waals surface area contributed by atoms with Crippen LogP contribution in [0, 0.1) is 17.8 Å². The number of fused-ring (bicyclic) bond motifs is 5. The summed E-state index contributed by atoms with van der Waals surface area (Å²) < 4.78 is 12.2. The number of epoxide rings is 1. The highest BCUT2D eigenvalue weighted by atomic mass is 32.2. The van der Waals surface area contributed by atoms with E-state index in [1.165, 1.54) is 57.1 Å². The molecule has 1 N–H and O–H groups in total. The highest BCUT2D eigenvalue weighted by molar-refractivity contribution is 7.99. The molecule has 29 heavy (non-hydrogen) atoms. The van der Waals surface area contributed by atoms with Gasteiger partial charge in [-0.05, 0) is 36.9 Å². The number of carboxylic acids is 1. The van der Waals surface area contributed by atoms with Crippen LogP contribution in [0.2, 0.25) is 0 Å². The fourth-order valence-corrected chi connectivity index (χ4v) is 6.95. The van der Waals surface area contributed by atoms with Crippen molar-refractivity contribution < 1.29 is 19.4 Å². The van der Waals surface area contributed by atoms with Gasteiger partial charge in [-0.25, -0.2) is 0 Å². The maximum absolute atomic E-state index is 10.6. The summed E-state index contributed by atoms with van der Waals surface area (Å²) in [6.07, 6.45) is 20.4. The lowest BCUT2D eigenvalue weighted by molar-refractivity contribution is -0.137. The van der Waals surface area contributed by atoms with Gasteiger partial charge < -0.3 is 14.6 Å². The van der Waals surface area contributed by atoms with Gasteiger partial charge in [0, 0.05) is 18.1 Å². The molecule has 3 heterocycles. The Labute approximate surface area is 180 Å². The van der Waals surface area contributed by atoms with Crippen molar-refractivity contribution in [1.82, 2.24) is 0 Å². The van der Waals surface area contributed by atoms with Crippen LogP contribution in [-0.4, -0.2) is 47.0 Å². The fourth-order valence-electron chi connectivity index (χ4n) is 5.84. The normalized spacial score (nSPS) is 36.0. The molecule has 164 valence electrons. The molecule has 0 amide bonds. The second-order valence-electron chi connectivity index (χ2n) is 9.55. The summed E-state index contributed by atoms with van der Waals surface area (Å²) in [5.41, 5.74) is 0. The van der Waals surface area contributed by atoms with Crippen molar-refractivity contribution in [3.05, 3.63) is 12.2 Å². The Hall–Kier alpha value is -0.520. The lowest BCUT2D eigenvalue weighted by atomic mass is 9.77. The van der Waals surface area contributed by atoms with E-state index < -0.39 is 5.97 Å². The second-order valence-corrected chi connectivity index (χ2v) is 10.6. The Bertz CT molecular complexity index is 559. The molecular formula is C24H38O4S. The van der Waals surface area contributed by atoms with Crippen molar-refractivity contribution in [1.29, 1.82) is 0 Å². The average Bonchev–Trinajstić information content (AvgIpc) is 3.35. The van der Waals surface area contributed by atoms with Crippen LogP contribution in [0.5, 0.6) is 0 Å². The summed E-state index contributed by atoms with van der Waals surface area (Å²) in [6, 6.07) is 0. The zero-order valence-corrected chi connectivity index (χ0v) is 18.5. The zero-order chi connectivity index (χ0) is 20.1. The molecule has 3 saturated heterocycles. The maximum atomic E-state index is 10.6. The van der Waals surface area contributed by atoms with Crippen molar-refractivity contribution in [3.63, 3.8) is 0 Å². The van der Waals surface area contributed by atoms with Crippen LogP contribution in [-0.2, 0) is 14.3 Å². The number of carbonyl (C=O) groups is 1. The van der Waals surface area contributed by atoms with Crippen LogP contribution in [0.3, 0.4) is 0 Å². The monoisotopic (exact) mass is 422 g/mol. The van der Waals surface area contributed by atoms with Gasteiger partial charge in [0.25, 0.3) is 0 Å². The summed E-state index contributed by atoms with van der Waals surface area (Å²) in [7, 11) is 0. The molecule has 0 spiro atoms. The van der Waals surface area contributed by atoms with Crippen LogP contribution < -0.4 is 0 Å². The van der Waals surface area contributed by atoms with Crippen molar-refractivity contribution in [2.24, 2.45) is 17.8 Å². The molecule has 4 fully saturated rings. The van der Waals surface area contributed by atoms with Gasteiger partial charge in [-0.3, -0.25) is 4.79 Å². The molecule has 6 atom stereocenters. The topological polar surface area (TPSA) is 59.1 Å². The number of thioether (sulfide) groups is 1. The quantitative estimate of drug-likeness (QED) is 0.243. The molecule has 4 aliphatic rings. The molecule has 4 nitrogen and oxygen atoms in total. The maximum Gasteiger partial charge on any atom is 0.303 e. The standard InChI is InChI=1S/C24H38O4S/c25-20(26)14-7-2-1-6-13-18-19(22-24-23(28-24)21(18)27-22)16-29-15-9-8-12-17-10-4-3-5-11-17/h8-9,17-19,21-24H,1-7,10-16H2,(H,25,26). The van der Waals surface area contributed by atoms with E-state index in [1.807, 2.05) is 0 Å². The zero-order valence-electron chi connectivity index (χ0n) is 17.7. The summed E-state index contributed by atoms with van der Waals surface area (Å²) in [6.45, 7) is 0. The first-order valence-corrected chi connectivity index (χ1v) is 13.1. The SMILES string of the molecule is O=C(O)CCCCCCC1C(CSCC=CCC2CCCCC2)C2OC1C1OC21. The van der Waals surface area contributed by atoms with Gasteiger partial charge in [-0.1, -0.05) is 63.5 Å². The minimum Gasteiger partial charge on any atom is -0.481 e. The van der Waals surface area contributed by atoms with E-state index in [0.717, 1.165) is 30.9 Å². The van der Waals surface area contributed by atoms with Crippen LogP contribution in [0.4, 0.5) is 0 Å². The first-order valence-electron chi connectivity index (χ1n) is 12.0. The van der Waals surface area contributed by atoms with E-state index in [4.69, 9.17) is 14.6 Å². The highest BCUT2D eigenvalue weighted by Crippen LogP contribution is 2.55. The van der Waals surface area contributed by atoms with Crippen LogP contribution in [0.1, 0.15) is 77.0 Å². The molecular weight excluding hydrogens is 384 g/mol. The van der Waals surface area contributed by atoms with Crippen LogP contribution >= 0.6 is 11.8 Å². The smallest absolute Gasteiger partial charge is 0.303 e. The Balaban J connectivity index is 1.13. The Kier molecular flexibility index (Phi) is 7.99. The summed E-state index contributed by atoms with van der Waals surface area (Å²) in [5.74, 6) is 3.85. The summed E-state index contributed by atoms with van der Waals surface area (Å²) in [4.78, 5) is 10.6. The molecule has 0 aromatic carbocycles. The summed E-state index contributed by atoms with van der Waals surface area (Å²) >= 11 is 2.06. The van der Waals surface area contributed by atoms with Gasteiger partial charge in [-0.2, -0.15) is 11.8 Å². The van der Waals surface area contributed by atoms with Crippen molar-refractivity contribution >= 4 is 17.7 Å². The molecule has 1 aliphatic carbocycles. The predicted molar refractivity (Wildman–Crippen MR) is 117 cm³/mol. The predicted octanol–water partition coefficient (Wildman–Crippen LogP) is 5.45. The van der Waals surface area contributed by atoms with Crippen molar-refractivity contribution in [2.75, 3.05) is 11.5 Å². The number of hydrogen-bond donors (Lipinski definition) is 1. The van der Waals surface area contributed by atoms with Gasteiger partial charge in [0.15, 0.2) is 0 Å². The van der Waals surface area contributed by atoms with E-state index in [0.29, 0.717) is 42.7 Å². The third-order valence-electron chi connectivity index (χ3n) is 7.48. The van der Waals surface area contributed by atoms with Gasteiger partial charge in [0.1, 0.15) is 12.2 Å². The lowest BCUT2D eigenvalue weighted by Gasteiger charge is -2.25. The number of allylic oxidation sites excluding steroid dienone is 1. The van der Waals surface area contributed by atoms with E-state index in [9.17, 15) is 4.79 Å². The lowest BCUT2D eigenvalue weighted by Crippen LogP contribution is -2.34. The third-order valence-corrected chi connectivity index (χ3v) is 8.53. The number of hydrogen-bond acceptors (Lipinski definition) is 4. The van der Waals surface area contributed by atoms with E-state index in [-0.39, 0.29) is 0 Å². The molecule has 0 aromatic rings. The van der Waals surface area contributed by atoms with Crippen LogP contribution in [0.15, 0.2) is 12.2 Å². The third kappa shape index (κ3) is 5.80. The molecule has 3 aliphatic heterocycles. The summed E-state index contributed by atoms with van der Waals surface area (Å²) in [5, 5.41) is 8.75. The molecule has 5 heteroatoms. The second kappa shape index (κ2) is 10.7. The number of rotatable bonds is 13. The van der Waals surface area contributed by atoms with E-state index >= 15 is 0 Å². The Morgan fingerprint density at radius 2 is 1.62 bits per heavy atom. The number of unbranched alkanes of at least 4 members (excludes halogenated alkanes) is 3. The molecule has 2 bridgehead atoms. The minimum absolute atomic E-state index is 0.308. The van der Waals surface area contributed by atoms with Gasteiger partial charge >= 0.3 is 5.97 Å². The van der Waals surface area contributed by atoms with E-state index in [1.54, 1.807) is 0 Å². The van der Waals surface area contributed by atoms with Crippen molar-refractivity contribution in [3.8, 4) is 0 Å². The number of ether oxygens (including phenoxy) is 2. The number of aliphatic carboxylic acids is 1. The Morgan fingerprint density at radius 1 is 0.897 bits per heavy atom. The minimum atomic E-state index is -0.673. The largest absolute Gasteiger partial charge is 0.481 e. The molecule has 0 aromatic heterocycles. The van der Waals surface area contributed by atoms with Gasteiger partial charge in [0.2, 0.25) is 0 Å². The average molecular weight is 423 g/mol. The van der Waals surface area contributed by atoms with Gasteiger partial charge in [0.05, 0.1) is 12.2 Å². The molecule has 0 radical (unpaired) electrons. The van der Waals surface area contributed by atoms with Crippen molar-refractivity contribution in [2.45, 2.75) is 101 Å². The molecule has 6 unspecified atom stereocenters. The van der Waals surface area contributed by atoms with Gasteiger partial charge in [-0.15, -0.1) is 0 Å². The first kappa shape index (κ1) is 21.7. The van der Waals surface area contributed by atoms with E-state index in [2.05, 4.69) is 23.9 Å². The number of carboxylic acid groups (broad SMARTS) is 1. The Morgan fingerprint density at radius 3 is 2.41 bits per heavy atom. The fraction of sp³-hybridized carbons (Fsp3) is 0.875. The first-order chi connectivity index (χ1) is 14.2. The molecule has 1 saturated carbocycles. The highest BCUT2D eigenvalue weighted by Gasteiger charge is 2.68.